The number of carbonyl (C=O) groups is 2. The normalized spacial score (nSPS) is 18.9. The lowest BCUT2D eigenvalue weighted by Crippen LogP contribution is -2.37. The van der Waals surface area contributed by atoms with Crippen molar-refractivity contribution < 1.29 is 19.8 Å². The fourth-order valence-corrected chi connectivity index (χ4v) is 3.11. The third kappa shape index (κ3) is 2.98. The smallest absolute Gasteiger partial charge is 0.267 e. The summed E-state index contributed by atoms with van der Waals surface area (Å²) in [6.45, 7) is 0.446. The number of carbonyl (C=O) groups excluding carboxylic acids is 2. The second-order valence-corrected chi connectivity index (χ2v) is 6.59. The Hall–Kier alpha value is -3.70. The largest absolute Gasteiger partial charge is 0.543 e. The van der Waals surface area contributed by atoms with Crippen LogP contribution in [0.15, 0.2) is 42.9 Å². The average Bonchev–Trinajstić information content (AvgIpc) is 3.27. The number of aromatic carboxylic acids is 1. The van der Waals surface area contributed by atoms with Gasteiger partial charge in [-0.3, -0.25) is 4.79 Å². The molecule has 28 heavy (non-hydrogen) atoms. The zero-order valence-corrected chi connectivity index (χ0v) is 14.9. The third-order valence-corrected chi connectivity index (χ3v) is 4.64. The van der Waals surface area contributed by atoms with Gasteiger partial charge in [0.05, 0.1) is 5.97 Å². The first-order chi connectivity index (χ1) is 13.4. The summed E-state index contributed by atoms with van der Waals surface area (Å²) < 4.78 is 1.56. The number of aromatic nitrogens is 3. The van der Waals surface area contributed by atoms with Crippen molar-refractivity contribution in [2.24, 2.45) is 0 Å². The molecule has 3 aromatic rings. The number of likely N-dealkylation sites (tertiary alicyclic amines) is 1. The molecular formula is C20H15N4O4-. The molecule has 1 amide bonds. The van der Waals surface area contributed by atoms with Gasteiger partial charge in [-0.2, -0.15) is 0 Å². The van der Waals surface area contributed by atoms with Crippen LogP contribution in [0.1, 0.15) is 22.5 Å². The zero-order valence-electron chi connectivity index (χ0n) is 14.9. The van der Waals surface area contributed by atoms with Crippen molar-refractivity contribution in [1.29, 1.82) is 0 Å². The molecule has 1 aromatic carbocycles. The summed E-state index contributed by atoms with van der Waals surface area (Å²) in [6, 6.07) is 6.92. The first-order valence-electron chi connectivity index (χ1n) is 8.54. The Morgan fingerprint density at radius 3 is 2.93 bits per heavy atom. The third-order valence-electron chi connectivity index (χ3n) is 4.64. The van der Waals surface area contributed by atoms with Crippen LogP contribution in [0.3, 0.4) is 0 Å². The Kier molecular flexibility index (Phi) is 4.09. The van der Waals surface area contributed by atoms with Crippen LogP contribution in [0.2, 0.25) is 0 Å². The Morgan fingerprint density at radius 2 is 2.21 bits per heavy atom. The molecule has 3 heterocycles. The lowest BCUT2D eigenvalue weighted by Gasteiger charge is -2.13. The topological polar surface area (TPSA) is 111 Å². The summed E-state index contributed by atoms with van der Waals surface area (Å²) >= 11 is 0. The molecule has 140 valence electrons. The molecule has 0 unspecified atom stereocenters. The van der Waals surface area contributed by atoms with E-state index >= 15 is 0 Å². The average molecular weight is 375 g/mol. The van der Waals surface area contributed by atoms with E-state index in [0.29, 0.717) is 29.0 Å². The predicted octanol–water partition coefficient (Wildman–Crippen LogP) is -0.296. The van der Waals surface area contributed by atoms with E-state index in [4.69, 9.17) is 0 Å². The van der Waals surface area contributed by atoms with Crippen LogP contribution in [0.4, 0.5) is 0 Å². The van der Waals surface area contributed by atoms with E-state index in [0.717, 1.165) is 0 Å². The number of carboxylic acids is 1. The van der Waals surface area contributed by atoms with Crippen LogP contribution < -0.4 is 5.11 Å². The van der Waals surface area contributed by atoms with Gasteiger partial charge in [0.1, 0.15) is 11.4 Å². The van der Waals surface area contributed by atoms with Crippen molar-refractivity contribution in [3.8, 4) is 23.1 Å². The maximum absolute atomic E-state index is 12.0. The molecule has 0 saturated carbocycles. The first-order valence-corrected chi connectivity index (χ1v) is 8.54. The number of imidazole rings is 1. The SMILES string of the molecule is CN1CC[C@@](O)(C#Cc2cccc(-c3nc(C(=O)[O-])cn4ccnc34)c2)C1=O. The van der Waals surface area contributed by atoms with Gasteiger partial charge in [0.2, 0.25) is 5.60 Å². The van der Waals surface area contributed by atoms with Crippen LogP contribution in [0, 0.1) is 11.8 Å². The molecule has 0 radical (unpaired) electrons. The molecule has 8 nitrogen and oxygen atoms in total. The number of likely N-dealkylation sites (N-methyl/N-ethyl adjacent to an activating group) is 1. The van der Waals surface area contributed by atoms with E-state index in [1.807, 2.05) is 0 Å². The van der Waals surface area contributed by atoms with Crippen molar-refractivity contribution >= 4 is 17.5 Å². The molecule has 1 N–H and O–H groups in total. The summed E-state index contributed by atoms with van der Waals surface area (Å²) in [5, 5.41) is 21.7. The molecule has 4 rings (SSSR count). The highest BCUT2D eigenvalue weighted by Gasteiger charge is 2.42. The number of hydrogen-bond acceptors (Lipinski definition) is 6. The maximum Gasteiger partial charge on any atom is 0.267 e. The summed E-state index contributed by atoms with van der Waals surface area (Å²) in [5.41, 5.74) is 0.110. The highest BCUT2D eigenvalue weighted by atomic mass is 16.4. The number of amides is 1. The van der Waals surface area contributed by atoms with Crippen LogP contribution in [0.25, 0.3) is 16.9 Å². The Balaban J connectivity index is 1.76. The summed E-state index contributed by atoms with van der Waals surface area (Å²) in [7, 11) is 1.62. The number of benzene rings is 1. The van der Waals surface area contributed by atoms with Crippen molar-refractivity contribution in [3.63, 3.8) is 0 Å². The number of nitrogens with zero attached hydrogens (tertiary/aromatic N) is 4. The molecule has 2 aromatic heterocycles. The lowest BCUT2D eigenvalue weighted by atomic mass is 10.0. The fraction of sp³-hybridized carbons (Fsp3) is 0.200. The quantitative estimate of drug-likeness (QED) is 0.616. The first kappa shape index (κ1) is 17.7. The molecule has 1 atom stereocenters. The number of hydrogen-bond donors (Lipinski definition) is 1. The highest BCUT2D eigenvalue weighted by Crippen LogP contribution is 2.24. The van der Waals surface area contributed by atoms with Crippen LogP contribution in [-0.2, 0) is 4.79 Å². The van der Waals surface area contributed by atoms with E-state index in [9.17, 15) is 19.8 Å². The van der Waals surface area contributed by atoms with E-state index in [1.165, 1.54) is 11.1 Å². The fourth-order valence-electron chi connectivity index (χ4n) is 3.11. The summed E-state index contributed by atoms with van der Waals surface area (Å²) in [4.78, 5) is 33.1. The molecule has 8 heteroatoms. The molecule has 0 bridgehead atoms. The number of fused-ring (bicyclic) bond motifs is 1. The Morgan fingerprint density at radius 1 is 1.39 bits per heavy atom. The Bertz CT molecular complexity index is 1170. The standard InChI is InChI=1S/C20H16N4O4/c1-23-9-7-20(28,19(23)27)6-5-13-3-2-4-14(11-13)16-17-21-8-10-24(17)12-15(22-16)18(25)26/h2-4,8,10-12,28H,7,9H2,1H3,(H,25,26)/p-1/t20-/m0/s1. The van der Waals surface area contributed by atoms with Crippen LogP contribution in [0.5, 0.6) is 0 Å². The molecule has 1 aliphatic rings. The van der Waals surface area contributed by atoms with E-state index in [-0.39, 0.29) is 12.1 Å². The second kappa shape index (κ2) is 6.48. The van der Waals surface area contributed by atoms with E-state index in [1.54, 1.807) is 48.1 Å². The molecule has 1 fully saturated rings. The second-order valence-electron chi connectivity index (χ2n) is 6.59. The number of carboxylic acid groups (broad SMARTS) is 1. The number of aliphatic hydroxyl groups is 1. The van der Waals surface area contributed by atoms with Gasteiger partial charge in [0.15, 0.2) is 5.65 Å². The van der Waals surface area contributed by atoms with Gasteiger partial charge in [-0.15, -0.1) is 0 Å². The predicted molar refractivity (Wildman–Crippen MR) is 96.8 cm³/mol. The van der Waals surface area contributed by atoms with E-state index in [2.05, 4.69) is 21.8 Å². The van der Waals surface area contributed by atoms with Gasteiger partial charge in [0, 0.05) is 49.7 Å². The van der Waals surface area contributed by atoms with Gasteiger partial charge in [0.25, 0.3) is 5.91 Å². The molecule has 1 saturated heterocycles. The minimum atomic E-state index is -1.69. The van der Waals surface area contributed by atoms with Crippen molar-refractivity contribution in [2.75, 3.05) is 13.6 Å². The highest BCUT2D eigenvalue weighted by molar-refractivity contribution is 5.90. The minimum absolute atomic E-state index is 0.217. The monoisotopic (exact) mass is 375 g/mol. The molecule has 1 aliphatic heterocycles. The van der Waals surface area contributed by atoms with Gasteiger partial charge in [-0.1, -0.05) is 24.0 Å². The molecular weight excluding hydrogens is 360 g/mol. The van der Waals surface area contributed by atoms with Crippen molar-refractivity contribution in [1.82, 2.24) is 19.3 Å². The number of rotatable bonds is 2. The summed E-state index contributed by atoms with van der Waals surface area (Å²) in [6.07, 6.45) is 4.75. The van der Waals surface area contributed by atoms with Crippen LogP contribution in [-0.4, -0.2) is 55.4 Å². The minimum Gasteiger partial charge on any atom is -0.543 e. The van der Waals surface area contributed by atoms with Gasteiger partial charge in [-0.05, 0) is 12.1 Å². The van der Waals surface area contributed by atoms with Crippen molar-refractivity contribution in [3.05, 3.63) is 54.1 Å². The van der Waals surface area contributed by atoms with Crippen LogP contribution >= 0.6 is 0 Å². The molecule has 0 aliphatic carbocycles. The zero-order chi connectivity index (χ0) is 19.9. The van der Waals surface area contributed by atoms with Crippen molar-refractivity contribution in [2.45, 2.75) is 12.0 Å². The van der Waals surface area contributed by atoms with Gasteiger partial charge in [-0.25, -0.2) is 9.97 Å². The van der Waals surface area contributed by atoms with Gasteiger partial charge < -0.3 is 24.3 Å². The van der Waals surface area contributed by atoms with E-state index < -0.39 is 17.5 Å². The Labute approximate surface area is 160 Å². The lowest BCUT2D eigenvalue weighted by molar-refractivity contribution is -0.255. The molecule has 0 spiro atoms. The van der Waals surface area contributed by atoms with Gasteiger partial charge >= 0.3 is 0 Å². The maximum atomic E-state index is 12.0. The summed E-state index contributed by atoms with van der Waals surface area (Å²) in [5.74, 6) is 3.69.